The summed E-state index contributed by atoms with van der Waals surface area (Å²) in [5, 5.41) is 5.62. The third kappa shape index (κ3) is 3.85. The molecule has 1 aromatic heterocycles. The molecule has 1 fully saturated rings. The summed E-state index contributed by atoms with van der Waals surface area (Å²) in [4.78, 5) is 31.4. The number of nitrogens with zero attached hydrogens (tertiary/aromatic N) is 2. The van der Waals surface area contributed by atoms with Crippen molar-refractivity contribution in [3.63, 3.8) is 0 Å². The van der Waals surface area contributed by atoms with Crippen LogP contribution in [0.3, 0.4) is 0 Å². The fourth-order valence-corrected chi connectivity index (χ4v) is 4.66. The first-order chi connectivity index (χ1) is 15.5. The van der Waals surface area contributed by atoms with Crippen molar-refractivity contribution in [2.24, 2.45) is 5.92 Å². The number of fused-ring (bicyclic) bond motifs is 1. The highest BCUT2D eigenvalue weighted by atomic mass is 35.5. The molecule has 2 amide bonds. The van der Waals surface area contributed by atoms with Crippen molar-refractivity contribution < 1.29 is 23.8 Å². The first-order valence-corrected chi connectivity index (χ1v) is 11.1. The molecule has 3 aromatic rings. The first kappa shape index (κ1) is 20.6. The zero-order valence-electron chi connectivity index (χ0n) is 17.0. The average molecular weight is 472 g/mol. The molecule has 3 heterocycles. The number of amides is 2. The van der Waals surface area contributed by atoms with Crippen LogP contribution in [0.5, 0.6) is 17.2 Å². The number of aromatic nitrogens is 1. The smallest absolute Gasteiger partial charge is 0.231 e. The van der Waals surface area contributed by atoms with Gasteiger partial charge in [0.15, 0.2) is 16.6 Å². The zero-order valence-corrected chi connectivity index (χ0v) is 18.5. The summed E-state index contributed by atoms with van der Waals surface area (Å²) in [6.07, 6.45) is 0.132. The van der Waals surface area contributed by atoms with Gasteiger partial charge in [0.05, 0.1) is 23.7 Å². The maximum Gasteiger partial charge on any atom is 0.231 e. The van der Waals surface area contributed by atoms with Gasteiger partial charge < -0.3 is 24.4 Å². The molecule has 164 valence electrons. The molecular weight excluding hydrogens is 454 g/mol. The van der Waals surface area contributed by atoms with Crippen molar-refractivity contribution >= 4 is 45.6 Å². The molecule has 0 aliphatic carbocycles. The van der Waals surface area contributed by atoms with Crippen molar-refractivity contribution in [2.45, 2.75) is 6.42 Å². The highest BCUT2D eigenvalue weighted by molar-refractivity contribution is 7.14. The number of methoxy groups -OCH3 is 1. The van der Waals surface area contributed by atoms with Gasteiger partial charge in [0.2, 0.25) is 18.6 Å². The summed E-state index contributed by atoms with van der Waals surface area (Å²) in [5.41, 5.74) is 2.19. The van der Waals surface area contributed by atoms with E-state index < -0.39 is 5.92 Å². The number of carbonyl (C=O) groups is 2. The van der Waals surface area contributed by atoms with Crippen LogP contribution in [-0.4, -0.2) is 37.2 Å². The van der Waals surface area contributed by atoms with Gasteiger partial charge in [0, 0.05) is 35.7 Å². The molecule has 32 heavy (non-hydrogen) atoms. The van der Waals surface area contributed by atoms with Gasteiger partial charge in [-0.05, 0) is 30.3 Å². The van der Waals surface area contributed by atoms with E-state index in [1.807, 2.05) is 11.4 Å². The number of halogens is 1. The van der Waals surface area contributed by atoms with Gasteiger partial charge in [-0.25, -0.2) is 4.98 Å². The summed E-state index contributed by atoms with van der Waals surface area (Å²) < 4.78 is 15.9. The zero-order chi connectivity index (χ0) is 22.2. The van der Waals surface area contributed by atoms with E-state index in [1.165, 1.54) is 11.3 Å². The number of rotatable bonds is 5. The number of nitrogens with one attached hydrogen (secondary N) is 1. The molecule has 2 aromatic carbocycles. The van der Waals surface area contributed by atoms with Crippen molar-refractivity contribution in [3.05, 3.63) is 46.8 Å². The molecule has 1 N–H and O–H groups in total. The third-order valence-electron chi connectivity index (χ3n) is 5.35. The van der Waals surface area contributed by atoms with E-state index in [0.717, 1.165) is 5.56 Å². The van der Waals surface area contributed by atoms with E-state index in [0.29, 0.717) is 38.8 Å². The minimum Gasteiger partial charge on any atom is -0.495 e. The van der Waals surface area contributed by atoms with Gasteiger partial charge in [0.1, 0.15) is 5.75 Å². The maximum absolute atomic E-state index is 12.8. The molecule has 0 spiro atoms. The lowest BCUT2D eigenvalue weighted by atomic mass is 10.1. The number of thiazole rings is 1. The number of hydrogen-bond donors (Lipinski definition) is 1. The Labute approximate surface area is 192 Å². The van der Waals surface area contributed by atoms with Crippen LogP contribution in [0.15, 0.2) is 41.8 Å². The Morgan fingerprint density at radius 1 is 1.25 bits per heavy atom. The van der Waals surface area contributed by atoms with Gasteiger partial charge in [0.25, 0.3) is 0 Å². The lowest BCUT2D eigenvalue weighted by molar-refractivity contribution is -0.122. The molecule has 2 aliphatic rings. The molecule has 0 saturated carbocycles. The van der Waals surface area contributed by atoms with Crippen LogP contribution in [0.2, 0.25) is 5.02 Å². The molecule has 1 atom stereocenters. The Bertz CT molecular complexity index is 1210. The van der Waals surface area contributed by atoms with E-state index in [9.17, 15) is 9.59 Å². The topological polar surface area (TPSA) is 90.0 Å². The molecule has 8 nitrogen and oxygen atoms in total. The predicted octanol–water partition coefficient (Wildman–Crippen LogP) is 4.19. The van der Waals surface area contributed by atoms with Gasteiger partial charge in [-0.3, -0.25) is 9.59 Å². The monoisotopic (exact) mass is 471 g/mol. The Morgan fingerprint density at radius 2 is 2.09 bits per heavy atom. The van der Waals surface area contributed by atoms with Gasteiger partial charge in [-0.1, -0.05) is 11.6 Å². The van der Waals surface area contributed by atoms with Crippen molar-refractivity contribution in [3.8, 4) is 28.5 Å². The van der Waals surface area contributed by atoms with Crippen LogP contribution in [0.4, 0.5) is 10.8 Å². The van der Waals surface area contributed by atoms with E-state index in [-0.39, 0.29) is 31.6 Å². The standard InChI is InChI=1S/C22H18ClN3O5S/c1-29-17-4-2-12(6-15(17)23)16-10-32-22(24-16)25-21(28)13-7-20(27)26(9-13)14-3-5-18-19(8-14)31-11-30-18/h2-6,8,10,13H,7,9,11H2,1H3,(H,24,25,28). The largest absolute Gasteiger partial charge is 0.495 e. The minimum absolute atomic E-state index is 0.114. The quantitative estimate of drug-likeness (QED) is 0.600. The highest BCUT2D eigenvalue weighted by Gasteiger charge is 2.36. The fourth-order valence-electron chi connectivity index (χ4n) is 3.68. The van der Waals surface area contributed by atoms with Crippen molar-refractivity contribution in [1.29, 1.82) is 0 Å². The second kappa shape index (κ2) is 8.33. The highest BCUT2D eigenvalue weighted by Crippen LogP contribution is 2.37. The van der Waals surface area contributed by atoms with Gasteiger partial charge in [-0.15, -0.1) is 11.3 Å². The molecule has 0 bridgehead atoms. The van der Waals surface area contributed by atoms with Crippen LogP contribution in [0, 0.1) is 5.92 Å². The van der Waals surface area contributed by atoms with Crippen LogP contribution in [0.25, 0.3) is 11.3 Å². The molecule has 1 saturated heterocycles. The maximum atomic E-state index is 12.8. The van der Waals surface area contributed by atoms with E-state index in [2.05, 4.69) is 10.3 Å². The Morgan fingerprint density at radius 3 is 2.91 bits per heavy atom. The number of benzene rings is 2. The van der Waals surface area contributed by atoms with Crippen LogP contribution >= 0.6 is 22.9 Å². The van der Waals surface area contributed by atoms with Gasteiger partial charge >= 0.3 is 0 Å². The fraction of sp³-hybridized carbons (Fsp3) is 0.227. The first-order valence-electron chi connectivity index (χ1n) is 9.82. The summed E-state index contributed by atoms with van der Waals surface area (Å²) in [6, 6.07) is 10.7. The molecule has 1 unspecified atom stereocenters. The molecule has 2 aliphatic heterocycles. The number of ether oxygens (including phenoxy) is 3. The van der Waals surface area contributed by atoms with E-state index >= 15 is 0 Å². The van der Waals surface area contributed by atoms with E-state index in [4.69, 9.17) is 25.8 Å². The summed E-state index contributed by atoms with van der Waals surface area (Å²) in [7, 11) is 1.55. The Hall–Kier alpha value is -3.30. The lowest BCUT2D eigenvalue weighted by Gasteiger charge is -2.17. The summed E-state index contributed by atoms with van der Waals surface area (Å²) in [6.45, 7) is 0.451. The predicted molar refractivity (Wildman–Crippen MR) is 121 cm³/mol. The number of hydrogen-bond acceptors (Lipinski definition) is 7. The lowest BCUT2D eigenvalue weighted by Crippen LogP contribution is -2.28. The van der Waals surface area contributed by atoms with Gasteiger partial charge in [-0.2, -0.15) is 0 Å². The molecule has 10 heteroatoms. The third-order valence-corrected chi connectivity index (χ3v) is 6.40. The van der Waals surface area contributed by atoms with E-state index in [1.54, 1.807) is 42.3 Å². The Kier molecular flexibility index (Phi) is 5.36. The average Bonchev–Trinajstić information content (AvgIpc) is 3.52. The Balaban J connectivity index is 1.26. The van der Waals surface area contributed by atoms with Crippen LogP contribution in [-0.2, 0) is 9.59 Å². The summed E-state index contributed by atoms with van der Waals surface area (Å²) in [5.74, 6) is 0.990. The van der Waals surface area contributed by atoms with Crippen LogP contribution in [0.1, 0.15) is 6.42 Å². The molecule has 5 rings (SSSR count). The van der Waals surface area contributed by atoms with Crippen LogP contribution < -0.4 is 24.4 Å². The normalized spacial score (nSPS) is 17.0. The minimum atomic E-state index is -0.476. The number of anilines is 2. The molecule has 0 radical (unpaired) electrons. The SMILES string of the molecule is COc1ccc(-c2csc(NC(=O)C3CC(=O)N(c4ccc5c(c4)OCO5)C3)n2)cc1Cl. The number of carbonyl (C=O) groups excluding carboxylic acids is 2. The summed E-state index contributed by atoms with van der Waals surface area (Å²) >= 11 is 7.51. The molecular formula is C22H18ClN3O5S. The van der Waals surface area contributed by atoms with Crippen molar-refractivity contribution in [2.75, 3.05) is 30.7 Å². The second-order valence-electron chi connectivity index (χ2n) is 7.32. The second-order valence-corrected chi connectivity index (χ2v) is 8.58. The van der Waals surface area contributed by atoms with Crippen molar-refractivity contribution in [1.82, 2.24) is 4.98 Å².